The van der Waals surface area contributed by atoms with E-state index in [4.69, 9.17) is 9.47 Å². The van der Waals surface area contributed by atoms with Crippen LogP contribution in [0.1, 0.15) is 22.2 Å². The number of nitrogens with one attached hydrogen (secondary N) is 1. The summed E-state index contributed by atoms with van der Waals surface area (Å²) >= 11 is 1.79. The van der Waals surface area contributed by atoms with Crippen molar-refractivity contribution in [3.8, 4) is 17.2 Å². The zero-order chi connectivity index (χ0) is 15.8. The number of fused-ring (bicyclic) bond motifs is 3. The average Bonchev–Trinajstić information content (AvgIpc) is 3.21. The number of benzene rings is 1. The molecule has 5 heteroatoms. The molecule has 0 radical (unpaired) electrons. The number of ether oxygens (including phenoxy) is 2. The lowest BCUT2D eigenvalue weighted by molar-refractivity contribution is 0.354. The number of hydrogen-bond acceptors (Lipinski definition) is 4. The molecule has 0 amide bonds. The van der Waals surface area contributed by atoms with Crippen LogP contribution in [-0.2, 0) is 6.54 Å². The third-order valence-electron chi connectivity index (χ3n) is 4.27. The van der Waals surface area contributed by atoms with Gasteiger partial charge in [-0.15, -0.1) is 11.3 Å². The van der Waals surface area contributed by atoms with E-state index in [1.807, 2.05) is 12.1 Å². The van der Waals surface area contributed by atoms with Gasteiger partial charge in [0.2, 0.25) is 0 Å². The Morgan fingerprint density at radius 3 is 2.83 bits per heavy atom. The van der Waals surface area contributed by atoms with Crippen molar-refractivity contribution in [2.75, 3.05) is 14.2 Å². The fourth-order valence-electron chi connectivity index (χ4n) is 3.15. The number of thiophene rings is 1. The van der Waals surface area contributed by atoms with Gasteiger partial charge >= 0.3 is 0 Å². The molecule has 0 spiro atoms. The van der Waals surface area contributed by atoms with Crippen LogP contribution in [0.3, 0.4) is 0 Å². The van der Waals surface area contributed by atoms with Crippen LogP contribution < -0.4 is 14.8 Å². The van der Waals surface area contributed by atoms with E-state index in [0.717, 1.165) is 23.6 Å². The maximum atomic E-state index is 5.46. The lowest BCUT2D eigenvalue weighted by Gasteiger charge is -2.19. The first-order valence-corrected chi connectivity index (χ1v) is 8.39. The molecular weight excluding hydrogens is 308 g/mol. The van der Waals surface area contributed by atoms with Gasteiger partial charge in [-0.2, -0.15) is 0 Å². The molecule has 0 bridgehead atoms. The van der Waals surface area contributed by atoms with Crippen LogP contribution in [-0.4, -0.2) is 18.8 Å². The predicted molar refractivity (Wildman–Crippen MR) is 91.9 cm³/mol. The maximum absolute atomic E-state index is 5.46. The van der Waals surface area contributed by atoms with Crippen LogP contribution in [0, 0.1) is 0 Å². The summed E-state index contributed by atoms with van der Waals surface area (Å²) in [5.74, 6) is 1.50. The molecule has 4 rings (SSSR count). The lowest BCUT2D eigenvalue weighted by Crippen LogP contribution is -2.21. The molecule has 0 saturated carbocycles. The number of nitrogens with zero attached hydrogens (tertiary/aromatic N) is 1. The van der Waals surface area contributed by atoms with Crippen LogP contribution in [0.15, 0.2) is 48.0 Å². The quantitative estimate of drug-likeness (QED) is 0.796. The highest BCUT2D eigenvalue weighted by molar-refractivity contribution is 7.10. The molecule has 1 aliphatic rings. The molecule has 23 heavy (non-hydrogen) atoms. The Morgan fingerprint density at radius 2 is 2.00 bits per heavy atom. The van der Waals surface area contributed by atoms with E-state index >= 15 is 0 Å². The lowest BCUT2D eigenvalue weighted by atomic mass is 10.0. The van der Waals surface area contributed by atoms with Crippen molar-refractivity contribution in [3.05, 3.63) is 64.1 Å². The highest BCUT2D eigenvalue weighted by Gasteiger charge is 2.24. The molecule has 1 aromatic carbocycles. The molecule has 118 valence electrons. The molecule has 1 N–H and O–H groups in total. The van der Waals surface area contributed by atoms with Gasteiger partial charge in [0.1, 0.15) is 0 Å². The van der Waals surface area contributed by atoms with Crippen molar-refractivity contribution in [3.63, 3.8) is 0 Å². The Morgan fingerprint density at radius 1 is 1.13 bits per heavy atom. The van der Waals surface area contributed by atoms with E-state index in [-0.39, 0.29) is 6.04 Å². The van der Waals surface area contributed by atoms with Gasteiger partial charge in [-0.25, -0.2) is 0 Å². The fraction of sp³-hybridized carbons (Fsp3) is 0.222. The first-order valence-electron chi connectivity index (χ1n) is 7.51. The second-order valence-corrected chi connectivity index (χ2v) is 6.46. The smallest absolute Gasteiger partial charge is 0.161 e. The van der Waals surface area contributed by atoms with Crippen molar-refractivity contribution < 1.29 is 9.47 Å². The Balaban J connectivity index is 1.80. The summed E-state index contributed by atoms with van der Waals surface area (Å²) in [6.45, 7) is 0.855. The van der Waals surface area contributed by atoms with Crippen LogP contribution in [0.4, 0.5) is 0 Å². The second kappa shape index (κ2) is 5.76. The maximum Gasteiger partial charge on any atom is 0.161 e. The molecule has 4 nitrogen and oxygen atoms in total. The largest absolute Gasteiger partial charge is 0.493 e. The Bertz CT molecular complexity index is 837. The van der Waals surface area contributed by atoms with Gasteiger partial charge in [-0.05, 0) is 41.3 Å². The molecule has 1 aliphatic heterocycles. The standard InChI is InChI=1S/C18H18N2O2S/c1-21-15-6-5-12(10-16(15)22-2)18-14-4-3-8-20(14)13-7-9-23-17(13)11-19-18/h3-10,18-19H,11H2,1-2H3. The fourth-order valence-corrected chi connectivity index (χ4v) is 3.96. The Hall–Kier alpha value is -2.24. The molecule has 0 saturated heterocycles. The van der Waals surface area contributed by atoms with Crippen LogP contribution in [0.2, 0.25) is 0 Å². The monoisotopic (exact) mass is 326 g/mol. The van der Waals surface area contributed by atoms with Crippen molar-refractivity contribution in [2.24, 2.45) is 0 Å². The molecule has 3 aromatic rings. The molecule has 1 unspecified atom stereocenters. The molecule has 0 fully saturated rings. The first kappa shape index (κ1) is 14.4. The van der Waals surface area contributed by atoms with E-state index in [2.05, 4.69) is 45.7 Å². The Labute approximate surface area is 139 Å². The molecule has 2 aromatic heterocycles. The van der Waals surface area contributed by atoms with E-state index in [1.54, 1.807) is 25.6 Å². The summed E-state index contributed by atoms with van der Waals surface area (Å²) in [4.78, 5) is 1.35. The third-order valence-corrected chi connectivity index (χ3v) is 5.18. The molecular formula is C18H18N2O2S. The average molecular weight is 326 g/mol. The number of rotatable bonds is 3. The van der Waals surface area contributed by atoms with Crippen molar-refractivity contribution >= 4 is 11.3 Å². The molecule has 0 aliphatic carbocycles. The molecule has 3 heterocycles. The number of aromatic nitrogens is 1. The van der Waals surface area contributed by atoms with Crippen LogP contribution >= 0.6 is 11.3 Å². The van der Waals surface area contributed by atoms with Crippen molar-refractivity contribution in [2.45, 2.75) is 12.6 Å². The number of methoxy groups -OCH3 is 2. The summed E-state index contributed by atoms with van der Waals surface area (Å²) in [6, 6.07) is 12.7. The van der Waals surface area contributed by atoms with Crippen LogP contribution in [0.25, 0.3) is 5.69 Å². The van der Waals surface area contributed by atoms with Gasteiger partial charge in [0.15, 0.2) is 11.5 Å². The minimum absolute atomic E-state index is 0.115. The van der Waals surface area contributed by atoms with Gasteiger partial charge in [0.25, 0.3) is 0 Å². The summed E-state index contributed by atoms with van der Waals surface area (Å²) in [6.07, 6.45) is 2.13. The third kappa shape index (κ3) is 2.33. The predicted octanol–water partition coefficient (Wildman–Crippen LogP) is 3.75. The molecule has 1 atom stereocenters. The van der Waals surface area contributed by atoms with E-state index in [9.17, 15) is 0 Å². The summed E-state index contributed by atoms with van der Waals surface area (Å²) in [7, 11) is 3.33. The topological polar surface area (TPSA) is 35.4 Å². The zero-order valence-electron chi connectivity index (χ0n) is 13.1. The highest BCUT2D eigenvalue weighted by Crippen LogP contribution is 2.36. The van der Waals surface area contributed by atoms with E-state index < -0.39 is 0 Å². The highest BCUT2D eigenvalue weighted by atomic mass is 32.1. The van der Waals surface area contributed by atoms with Crippen molar-refractivity contribution in [1.82, 2.24) is 9.88 Å². The van der Waals surface area contributed by atoms with Crippen molar-refractivity contribution in [1.29, 1.82) is 0 Å². The SMILES string of the molecule is COc1ccc(C2NCc3sccc3-n3cccc32)cc1OC. The Kier molecular flexibility index (Phi) is 3.59. The van der Waals surface area contributed by atoms with Gasteiger partial charge in [0, 0.05) is 23.3 Å². The first-order chi connectivity index (χ1) is 11.3. The van der Waals surface area contributed by atoms with Gasteiger partial charge in [-0.1, -0.05) is 6.07 Å². The number of hydrogen-bond donors (Lipinski definition) is 1. The minimum Gasteiger partial charge on any atom is -0.493 e. The van der Waals surface area contributed by atoms with Gasteiger partial charge in [-0.3, -0.25) is 5.32 Å². The van der Waals surface area contributed by atoms with Crippen LogP contribution in [0.5, 0.6) is 11.5 Å². The summed E-state index contributed by atoms with van der Waals surface area (Å²) in [5, 5.41) is 5.81. The zero-order valence-corrected chi connectivity index (χ0v) is 13.9. The van der Waals surface area contributed by atoms with E-state index in [1.165, 1.54) is 16.3 Å². The second-order valence-electron chi connectivity index (χ2n) is 5.46. The van der Waals surface area contributed by atoms with Gasteiger partial charge in [0.05, 0.1) is 25.9 Å². The minimum atomic E-state index is 0.115. The normalized spacial score (nSPS) is 16.3. The van der Waals surface area contributed by atoms with Gasteiger partial charge < -0.3 is 14.0 Å². The summed E-state index contributed by atoms with van der Waals surface area (Å²) < 4.78 is 13.1. The van der Waals surface area contributed by atoms with E-state index in [0.29, 0.717) is 0 Å². The summed E-state index contributed by atoms with van der Waals surface area (Å²) in [5.41, 5.74) is 3.66.